The first-order valence-corrected chi connectivity index (χ1v) is 7.70. The number of para-hydroxylation sites is 1. The summed E-state index contributed by atoms with van der Waals surface area (Å²) >= 11 is 0. The lowest BCUT2D eigenvalue weighted by atomic mass is 10.1. The van der Waals surface area contributed by atoms with Crippen LogP contribution >= 0.6 is 0 Å². The number of rotatable bonds is 6. The first-order chi connectivity index (χ1) is 11.4. The number of hydrogen-bond donors (Lipinski definition) is 0. The molecule has 0 bridgehead atoms. The molecule has 0 aliphatic carbocycles. The molecule has 126 valence electrons. The Morgan fingerprint density at radius 3 is 2.33 bits per heavy atom. The Balaban J connectivity index is 2.09. The van der Waals surface area contributed by atoms with Crippen LogP contribution in [-0.4, -0.2) is 24.3 Å². The van der Waals surface area contributed by atoms with Gasteiger partial charge in [0.2, 0.25) is 0 Å². The zero-order valence-electron chi connectivity index (χ0n) is 14.0. The van der Waals surface area contributed by atoms with E-state index in [1.807, 2.05) is 44.2 Å². The van der Waals surface area contributed by atoms with Crippen LogP contribution in [0.25, 0.3) is 0 Å². The standard InChI is InChI=1S/C19H20FNO3/c1-13(2)21(15-7-5-4-6-8-15)19(23)12-24-16-9-10-17(14(3)22)18(20)11-16/h4-11,13H,12H2,1-3H3. The van der Waals surface area contributed by atoms with Crippen molar-refractivity contribution in [3.05, 3.63) is 59.9 Å². The molecule has 0 aromatic heterocycles. The SMILES string of the molecule is CC(=O)c1ccc(OCC(=O)N(c2ccccc2)C(C)C)cc1F. The number of ketones is 1. The van der Waals surface area contributed by atoms with E-state index in [0.29, 0.717) is 0 Å². The molecule has 0 saturated heterocycles. The van der Waals surface area contributed by atoms with Crippen molar-refractivity contribution < 1.29 is 18.7 Å². The highest BCUT2D eigenvalue weighted by atomic mass is 19.1. The first kappa shape index (κ1) is 17.7. The number of Topliss-reactive ketones (excluding diaryl/α,β-unsaturated/α-hetero) is 1. The van der Waals surface area contributed by atoms with Crippen molar-refractivity contribution in [3.63, 3.8) is 0 Å². The first-order valence-electron chi connectivity index (χ1n) is 7.70. The highest BCUT2D eigenvalue weighted by Gasteiger charge is 2.19. The van der Waals surface area contributed by atoms with E-state index >= 15 is 0 Å². The number of benzene rings is 2. The fourth-order valence-electron chi connectivity index (χ4n) is 2.40. The second-order valence-electron chi connectivity index (χ2n) is 5.68. The Morgan fingerprint density at radius 1 is 1.12 bits per heavy atom. The monoisotopic (exact) mass is 329 g/mol. The van der Waals surface area contributed by atoms with Gasteiger partial charge in [0.05, 0.1) is 5.56 Å². The molecule has 2 rings (SSSR count). The summed E-state index contributed by atoms with van der Waals surface area (Å²) in [7, 11) is 0. The van der Waals surface area contributed by atoms with Gasteiger partial charge in [-0.25, -0.2) is 4.39 Å². The Kier molecular flexibility index (Phi) is 5.68. The van der Waals surface area contributed by atoms with Crippen LogP contribution in [0.3, 0.4) is 0 Å². The van der Waals surface area contributed by atoms with Crippen molar-refractivity contribution in [3.8, 4) is 5.75 Å². The van der Waals surface area contributed by atoms with Crippen LogP contribution < -0.4 is 9.64 Å². The highest BCUT2D eigenvalue weighted by molar-refractivity contribution is 5.95. The molecule has 0 unspecified atom stereocenters. The van der Waals surface area contributed by atoms with Crippen molar-refractivity contribution in [2.75, 3.05) is 11.5 Å². The average molecular weight is 329 g/mol. The van der Waals surface area contributed by atoms with Gasteiger partial charge in [0.15, 0.2) is 12.4 Å². The fraction of sp³-hybridized carbons (Fsp3) is 0.263. The van der Waals surface area contributed by atoms with Crippen molar-refractivity contribution in [1.29, 1.82) is 0 Å². The average Bonchev–Trinajstić information content (AvgIpc) is 2.53. The van der Waals surface area contributed by atoms with Crippen molar-refractivity contribution in [2.45, 2.75) is 26.8 Å². The lowest BCUT2D eigenvalue weighted by molar-refractivity contribution is -0.120. The maximum absolute atomic E-state index is 13.8. The molecule has 24 heavy (non-hydrogen) atoms. The third kappa shape index (κ3) is 4.19. The molecule has 0 N–H and O–H groups in total. The molecule has 0 heterocycles. The minimum absolute atomic E-state index is 0.00164. The molecule has 5 heteroatoms. The number of carbonyl (C=O) groups is 2. The summed E-state index contributed by atoms with van der Waals surface area (Å²) in [5.41, 5.74) is 0.779. The van der Waals surface area contributed by atoms with Crippen molar-refractivity contribution >= 4 is 17.4 Å². The van der Waals surface area contributed by atoms with Gasteiger partial charge in [-0.05, 0) is 45.0 Å². The Bertz CT molecular complexity index is 729. The zero-order chi connectivity index (χ0) is 17.7. The molecular weight excluding hydrogens is 309 g/mol. The van der Waals surface area contributed by atoms with Crippen LogP contribution in [0, 0.1) is 5.82 Å². The quantitative estimate of drug-likeness (QED) is 0.756. The lowest BCUT2D eigenvalue weighted by Gasteiger charge is -2.26. The molecular formula is C19H20FNO3. The molecule has 0 spiro atoms. The van der Waals surface area contributed by atoms with E-state index in [-0.39, 0.29) is 35.7 Å². The fourth-order valence-corrected chi connectivity index (χ4v) is 2.40. The number of hydrogen-bond acceptors (Lipinski definition) is 3. The molecule has 0 saturated carbocycles. The minimum atomic E-state index is -0.656. The van der Waals surface area contributed by atoms with Crippen LogP contribution in [0.15, 0.2) is 48.5 Å². The van der Waals surface area contributed by atoms with Gasteiger partial charge in [-0.1, -0.05) is 18.2 Å². The zero-order valence-corrected chi connectivity index (χ0v) is 14.0. The van der Waals surface area contributed by atoms with Gasteiger partial charge in [0.25, 0.3) is 5.91 Å². The van der Waals surface area contributed by atoms with E-state index in [2.05, 4.69) is 0 Å². The Labute approximate surface area is 140 Å². The number of amides is 1. The van der Waals surface area contributed by atoms with Crippen LogP contribution in [0.1, 0.15) is 31.1 Å². The van der Waals surface area contributed by atoms with Crippen molar-refractivity contribution in [2.24, 2.45) is 0 Å². The normalized spacial score (nSPS) is 10.5. The van der Waals surface area contributed by atoms with Crippen LogP contribution in [0.5, 0.6) is 5.75 Å². The Morgan fingerprint density at radius 2 is 1.79 bits per heavy atom. The second kappa shape index (κ2) is 7.73. The maximum atomic E-state index is 13.8. The third-order valence-electron chi connectivity index (χ3n) is 3.50. The van der Waals surface area contributed by atoms with Crippen LogP contribution in [0.4, 0.5) is 10.1 Å². The number of ether oxygens (including phenoxy) is 1. The van der Waals surface area contributed by atoms with Gasteiger partial charge < -0.3 is 9.64 Å². The van der Waals surface area contributed by atoms with E-state index in [1.54, 1.807) is 4.90 Å². The Hall–Kier alpha value is -2.69. The van der Waals surface area contributed by atoms with Gasteiger partial charge >= 0.3 is 0 Å². The van der Waals surface area contributed by atoms with Crippen molar-refractivity contribution in [1.82, 2.24) is 0 Å². The second-order valence-corrected chi connectivity index (χ2v) is 5.68. The summed E-state index contributed by atoms with van der Waals surface area (Å²) in [6.45, 7) is 4.90. The predicted octanol–water partition coefficient (Wildman–Crippen LogP) is 3.85. The summed E-state index contributed by atoms with van der Waals surface area (Å²) in [6, 6.07) is 13.2. The summed E-state index contributed by atoms with van der Waals surface area (Å²) in [5, 5.41) is 0. The van der Waals surface area contributed by atoms with Gasteiger partial charge in [-0.2, -0.15) is 0 Å². The third-order valence-corrected chi connectivity index (χ3v) is 3.50. The van der Waals surface area contributed by atoms with E-state index < -0.39 is 5.82 Å². The molecule has 1 amide bonds. The van der Waals surface area contributed by atoms with Gasteiger partial charge in [-0.3, -0.25) is 9.59 Å². The van der Waals surface area contributed by atoms with E-state index in [4.69, 9.17) is 4.74 Å². The lowest BCUT2D eigenvalue weighted by Crippen LogP contribution is -2.40. The summed E-state index contributed by atoms with van der Waals surface area (Å²) < 4.78 is 19.2. The maximum Gasteiger partial charge on any atom is 0.265 e. The van der Waals surface area contributed by atoms with Gasteiger partial charge in [0, 0.05) is 17.8 Å². The van der Waals surface area contributed by atoms with E-state index in [1.165, 1.54) is 19.1 Å². The number of halogens is 1. The number of carbonyl (C=O) groups excluding carboxylic acids is 2. The molecule has 0 aliphatic rings. The van der Waals surface area contributed by atoms with Crippen LogP contribution in [0.2, 0.25) is 0 Å². The molecule has 4 nitrogen and oxygen atoms in total. The molecule has 0 fully saturated rings. The smallest absolute Gasteiger partial charge is 0.265 e. The van der Waals surface area contributed by atoms with E-state index in [9.17, 15) is 14.0 Å². The number of anilines is 1. The van der Waals surface area contributed by atoms with E-state index in [0.717, 1.165) is 11.8 Å². The minimum Gasteiger partial charge on any atom is -0.484 e. The summed E-state index contributed by atoms with van der Waals surface area (Å²) in [4.78, 5) is 25.3. The predicted molar refractivity (Wildman–Crippen MR) is 91.0 cm³/mol. The highest BCUT2D eigenvalue weighted by Crippen LogP contribution is 2.19. The van der Waals surface area contributed by atoms with Gasteiger partial charge in [-0.15, -0.1) is 0 Å². The number of nitrogens with zero attached hydrogens (tertiary/aromatic N) is 1. The molecule has 0 atom stereocenters. The summed E-state index contributed by atoms with van der Waals surface area (Å²) in [6.07, 6.45) is 0. The largest absolute Gasteiger partial charge is 0.484 e. The van der Waals surface area contributed by atoms with Crippen LogP contribution in [-0.2, 0) is 4.79 Å². The van der Waals surface area contributed by atoms with Gasteiger partial charge in [0.1, 0.15) is 11.6 Å². The summed E-state index contributed by atoms with van der Waals surface area (Å²) in [5.74, 6) is -1.03. The molecule has 2 aromatic rings. The molecule has 0 radical (unpaired) electrons. The molecule has 2 aromatic carbocycles. The molecule has 0 aliphatic heterocycles. The topological polar surface area (TPSA) is 46.6 Å².